The number of benzene rings is 3. The summed E-state index contributed by atoms with van der Waals surface area (Å²) in [6, 6.07) is 30.1. The fourth-order valence-corrected chi connectivity index (χ4v) is 3.60. The van der Waals surface area contributed by atoms with E-state index in [4.69, 9.17) is 0 Å². The quantitative estimate of drug-likeness (QED) is 0.452. The van der Waals surface area contributed by atoms with Crippen molar-refractivity contribution in [3.63, 3.8) is 0 Å². The molecule has 114 valence electrons. The highest BCUT2D eigenvalue weighted by atomic mass is 15.0. The van der Waals surface area contributed by atoms with E-state index in [0.717, 1.165) is 6.54 Å². The minimum atomic E-state index is 0.862. The molecule has 0 spiro atoms. The molecule has 0 saturated carbocycles. The lowest BCUT2D eigenvalue weighted by Gasteiger charge is -2.04. The second-order valence-corrected chi connectivity index (χ2v) is 6.21. The number of fused-ring (bicyclic) bond motifs is 4. The zero-order valence-electron chi connectivity index (χ0n) is 13.2. The predicted molar refractivity (Wildman–Crippen MR) is 99.0 cm³/mol. The van der Waals surface area contributed by atoms with E-state index in [1.54, 1.807) is 0 Å². The van der Waals surface area contributed by atoms with Crippen molar-refractivity contribution in [2.45, 2.75) is 6.54 Å². The summed E-state index contributed by atoms with van der Waals surface area (Å²) in [5.41, 5.74) is 6.22. The maximum Gasteiger partial charge on any atom is 0.239 e. The van der Waals surface area contributed by atoms with Crippen LogP contribution in [0.25, 0.3) is 32.8 Å². The van der Waals surface area contributed by atoms with Gasteiger partial charge < -0.3 is 4.98 Å². The van der Waals surface area contributed by atoms with Gasteiger partial charge in [-0.3, -0.25) is 0 Å². The van der Waals surface area contributed by atoms with Crippen molar-refractivity contribution in [1.82, 2.24) is 4.98 Å². The lowest BCUT2D eigenvalue weighted by atomic mass is 10.1. The minimum absolute atomic E-state index is 0.862. The molecular weight excluding hydrogens is 292 g/mol. The molecule has 0 aliphatic carbocycles. The number of para-hydroxylation sites is 2. The number of hydrogen-bond donors (Lipinski definition) is 1. The largest absolute Gasteiger partial charge is 0.349 e. The predicted octanol–water partition coefficient (Wildman–Crippen LogP) is 4.81. The van der Waals surface area contributed by atoms with Gasteiger partial charge in [0.05, 0.1) is 10.9 Å². The van der Waals surface area contributed by atoms with Crippen LogP contribution in [-0.2, 0) is 6.54 Å². The number of aromatic amines is 1. The van der Waals surface area contributed by atoms with Crippen LogP contribution in [0.1, 0.15) is 5.56 Å². The first-order valence-electron chi connectivity index (χ1n) is 8.26. The van der Waals surface area contributed by atoms with Crippen molar-refractivity contribution in [3.05, 3.63) is 90.5 Å². The Morgan fingerprint density at radius 3 is 2.38 bits per heavy atom. The number of nitrogens with one attached hydrogen (secondary N) is 1. The molecule has 0 aliphatic rings. The number of pyridine rings is 1. The van der Waals surface area contributed by atoms with Crippen molar-refractivity contribution in [1.29, 1.82) is 0 Å². The molecule has 0 fully saturated rings. The summed E-state index contributed by atoms with van der Waals surface area (Å²) in [4.78, 5) is 3.58. The number of hydrogen-bond acceptors (Lipinski definition) is 0. The summed E-state index contributed by atoms with van der Waals surface area (Å²) in [5.74, 6) is 0. The van der Waals surface area contributed by atoms with Crippen LogP contribution >= 0.6 is 0 Å². The third kappa shape index (κ3) is 2.00. The maximum atomic E-state index is 3.58. The van der Waals surface area contributed by atoms with E-state index in [9.17, 15) is 0 Å². The summed E-state index contributed by atoms with van der Waals surface area (Å²) < 4.78 is 2.43. The number of H-pyrrole nitrogens is 1. The van der Waals surface area contributed by atoms with E-state index in [0.29, 0.717) is 0 Å². The van der Waals surface area contributed by atoms with E-state index in [1.807, 2.05) is 0 Å². The summed E-state index contributed by atoms with van der Waals surface area (Å²) in [5, 5.41) is 2.53. The van der Waals surface area contributed by atoms with Gasteiger partial charge in [0, 0.05) is 17.0 Å². The topological polar surface area (TPSA) is 19.7 Å². The van der Waals surface area contributed by atoms with Gasteiger partial charge in [-0.25, -0.2) is 0 Å². The Labute approximate surface area is 140 Å². The molecule has 0 saturated heterocycles. The normalized spacial score (nSPS) is 11.5. The first kappa shape index (κ1) is 13.3. The molecule has 5 aromatic rings. The van der Waals surface area contributed by atoms with Crippen LogP contribution in [0.4, 0.5) is 0 Å². The molecule has 3 aromatic carbocycles. The Hall–Kier alpha value is -3.13. The summed E-state index contributed by atoms with van der Waals surface area (Å²) in [7, 11) is 0. The first-order chi connectivity index (χ1) is 11.9. The Kier molecular flexibility index (Phi) is 2.89. The lowest BCUT2D eigenvalue weighted by molar-refractivity contribution is -0.635. The van der Waals surface area contributed by atoms with E-state index in [2.05, 4.69) is 94.5 Å². The fourth-order valence-electron chi connectivity index (χ4n) is 3.60. The number of nitrogens with zero attached hydrogens (tertiary/aromatic N) is 1. The first-order valence-corrected chi connectivity index (χ1v) is 8.26. The van der Waals surface area contributed by atoms with Gasteiger partial charge in [0.15, 0.2) is 6.54 Å². The fraction of sp³-hybridized carbons (Fsp3) is 0.0455. The van der Waals surface area contributed by atoms with Crippen LogP contribution in [0.5, 0.6) is 0 Å². The molecule has 1 N–H and O–H groups in total. The van der Waals surface area contributed by atoms with E-state index in [-0.39, 0.29) is 0 Å². The second-order valence-electron chi connectivity index (χ2n) is 6.21. The van der Waals surface area contributed by atoms with Crippen molar-refractivity contribution in [2.24, 2.45) is 0 Å². The van der Waals surface area contributed by atoms with Gasteiger partial charge in [-0.2, -0.15) is 4.57 Å². The minimum Gasteiger partial charge on any atom is -0.349 e. The SMILES string of the molecule is c1ccc(C[n+]2c3ccccc3cc3[nH]c4ccccc4c32)cc1. The second kappa shape index (κ2) is 5.20. The Bertz CT molecular complexity index is 1170. The molecule has 2 nitrogen and oxygen atoms in total. The highest BCUT2D eigenvalue weighted by molar-refractivity contribution is 6.05. The van der Waals surface area contributed by atoms with Crippen LogP contribution in [0.15, 0.2) is 84.9 Å². The standard InChI is InChI=1S/C22H16N2/c1-2-8-16(9-3-1)15-24-21-13-7-4-10-17(21)14-20-22(24)18-11-5-6-12-19(18)23-20/h1-14H,15H2/p+1. The highest BCUT2D eigenvalue weighted by Crippen LogP contribution is 2.26. The van der Waals surface area contributed by atoms with Gasteiger partial charge in [-0.05, 0) is 24.3 Å². The Balaban J connectivity index is 1.91. The molecule has 0 unspecified atom stereocenters. The molecule has 2 heterocycles. The Morgan fingerprint density at radius 2 is 1.46 bits per heavy atom. The summed E-state index contributed by atoms with van der Waals surface area (Å²) in [6.07, 6.45) is 0. The molecule has 2 aromatic heterocycles. The zero-order valence-corrected chi connectivity index (χ0v) is 13.2. The van der Waals surface area contributed by atoms with E-state index in [1.165, 1.54) is 38.4 Å². The molecule has 0 amide bonds. The van der Waals surface area contributed by atoms with Gasteiger partial charge in [0.2, 0.25) is 11.0 Å². The van der Waals surface area contributed by atoms with Crippen LogP contribution in [-0.4, -0.2) is 4.98 Å². The monoisotopic (exact) mass is 309 g/mol. The van der Waals surface area contributed by atoms with Gasteiger partial charge in [-0.15, -0.1) is 0 Å². The average Bonchev–Trinajstić information content (AvgIpc) is 3.00. The number of aromatic nitrogens is 2. The molecule has 0 bridgehead atoms. The lowest BCUT2D eigenvalue weighted by Crippen LogP contribution is -2.36. The van der Waals surface area contributed by atoms with Crippen LogP contribution in [0.3, 0.4) is 0 Å². The number of rotatable bonds is 2. The smallest absolute Gasteiger partial charge is 0.239 e. The highest BCUT2D eigenvalue weighted by Gasteiger charge is 2.20. The van der Waals surface area contributed by atoms with Gasteiger partial charge >= 0.3 is 0 Å². The zero-order chi connectivity index (χ0) is 15.9. The van der Waals surface area contributed by atoms with E-state index >= 15 is 0 Å². The Morgan fingerprint density at radius 1 is 0.708 bits per heavy atom. The third-order valence-electron chi connectivity index (χ3n) is 4.69. The van der Waals surface area contributed by atoms with Crippen molar-refractivity contribution in [2.75, 3.05) is 0 Å². The molecule has 0 atom stereocenters. The molecule has 5 rings (SSSR count). The van der Waals surface area contributed by atoms with Crippen molar-refractivity contribution in [3.8, 4) is 0 Å². The molecule has 2 heteroatoms. The van der Waals surface area contributed by atoms with Gasteiger partial charge in [0.25, 0.3) is 0 Å². The van der Waals surface area contributed by atoms with Crippen molar-refractivity contribution >= 4 is 32.8 Å². The van der Waals surface area contributed by atoms with E-state index < -0.39 is 0 Å². The molecular formula is C22H17N2+. The van der Waals surface area contributed by atoms with Crippen LogP contribution < -0.4 is 4.57 Å². The molecule has 0 aliphatic heterocycles. The summed E-state index contributed by atoms with van der Waals surface area (Å²) in [6.45, 7) is 0.862. The van der Waals surface area contributed by atoms with Crippen molar-refractivity contribution < 1.29 is 4.57 Å². The maximum absolute atomic E-state index is 3.58. The van der Waals surface area contributed by atoms with Crippen LogP contribution in [0, 0.1) is 0 Å². The average molecular weight is 309 g/mol. The van der Waals surface area contributed by atoms with Gasteiger partial charge in [0.1, 0.15) is 5.52 Å². The van der Waals surface area contributed by atoms with Crippen LogP contribution in [0.2, 0.25) is 0 Å². The van der Waals surface area contributed by atoms with Gasteiger partial charge in [-0.1, -0.05) is 54.6 Å². The third-order valence-corrected chi connectivity index (χ3v) is 4.69. The molecule has 24 heavy (non-hydrogen) atoms. The summed E-state index contributed by atoms with van der Waals surface area (Å²) >= 11 is 0. The molecule has 0 radical (unpaired) electrons.